The molecule has 0 radical (unpaired) electrons. The van der Waals surface area contributed by atoms with E-state index in [1.807, 2.05) is 32.9 Å². The smallest absolute Gasteiger partial charge is 0.238 e. The van der Waals surface area contributed by atoms with Crippen LogP contribution in [0.1, 0.15) is 20.8 Å². The second kappa shape index (κ2) is 5.32. The molecule has 0 fully saturated rings. The van der Waals surface area contributed by atoms with Crippen LogP contribution in [0, 0.1) is 0 Å². The van der Waals surface area contributed by atoms with Gasteiger partial charge in [-0.1, -0.05) is 23.7 Å². The topological polar surface area (TPSA) is 41.1 Å². The lowest BCUT2D eigenvalue weighted by atomic mass is 10.1. The van der Waals surface area contributed by atoms with Gasteiger partial charge in [-0.2, -0.15) is 0 Å². The van der Waals surface area contributed by atoms with E-state index < -0.39 is 0 Å². The van der Waals surface area contributed by atoms with E-state index in [0.29, 0.717) is 10.7 Å². The Morgan fingerprint density at radius 1 is 1.31 bits per heavy atom. The molecule has 1 amide bonds. The molecule has 0 aliphatic heterocycles. The lowest BCUT2D eigenvalue weighted by Crippen LogP contribution is -2.41. The Bertz CT molecular complexity index is 372. The molecule has 0 heterocycles. The maximum absolute atomic E-state index is 11.6. The molecule has 0 unspecified atom stereocenters. The largest absolute Gasteiger partial charge is 0.324 e. The van der Waals surface area contributed by atoms with Crippen LogP contribution in [0.25, 0.3) is 0 Å². The number of nitrogens with one attached hydrogen (secondary N) is 2. The van der Waals surface area contributed by atoms with E-state index in [2.05, 4.69) is 10.6 Å². The highest BCUT2D eigenvalue weighted by Gasteiger charge is 2.11. The molecule has 0 atom stereocenters. The van der Waals surface area contributed by atoms with Crippen molar-refractivity contribution in [1.82, 2.24) is 5.32 Å². The highest BCUT2D eigenvalue weighted by atomic mass is 35.5. The zero-order chi connectivity index (χ0) is 12.2. The third-order valence-corrected chi connectivity index (χ3v) is 2.26. The number of anilines is 1. The Kier molecular flexibility index (Phi) is 4.33. The summed E-state index contributed by atoms with van der Waals surface area (Å²) in [4.78, 5) is 11.6. The van der Waals surface area contributed by atoms with Gasteiger partial charge in [-0.3, -0.25) is 4.79 Å². The number of hydrogen-bond acceptors (Lipinski definition) is 2. The van der Waals surface area contributed by atoms with Crippen LogP contribution in [-0.4, -0.2) is 18.0 Å². The van der Waals surface area contributed by atoms with Gasteiger partial charge < -0.3 is 10.6 Å². The first kappa shape index (κ1) is 13.0. The van der Waals surface area contributed by atoms with Crippen molar-refractivity contribution in [2.75, 3.05) is 11.9 Å². The third-order valence-electron chi connectivity index (χ3n) is 1.93. The highest BCUT2D eigenvalue weighted by Crippen LogP contribution is 2.20. The summed E-state index contributed by atoms with van der Waals surface area (Å²) in [6, 6.07) is 7.18. The number of carbonyl (C=O) groups is 1. The number of hydrogen-bond donors (Lipinski definition) is 2. The molecule has 4 heteroatoms. The summed E-state index contributed by atoms with van der Waals surface area (Å²) in [7, 11) is 0. The molecule has 0 saturated heterocycles. The molecule has 88 valence electrons. The summed E-state index contributed by atoms with van der Waals surface area (Å²) < 4.78 is 0. The maximum Gasteiger partial charge on any atom is 0.238 e. The molecule has 0 aliphatic carbocycles. The minimum Gasteiger partial charge on any atom is -0.324 e. The van der Waals surface area contributed by atoms with Crippen LogP contribution in [0.15, 0.2) is 24.3 Å². The molecular weight excluding hydrogens is 224 g/mol. The van der Waals surface area contributed by atoms with Gasteiger partial charge in [0.15, 0.2) is 0 Å². The van der Waals surface area contributed by atoms with Gasteiger partial charge >= 0.3 is 0 Å². The first-order valence-corrected chi connectivity index (χ1v) is 5.56. The average Bonchev–Trinajstić information content (AvgIpc) is 2.18. The van der Waals surface area contributed by atoms with Gasteiger partial charge in [0.2, 0.25) is 5.91 Å². The van der Waals surface area contributed by atoms with Crippen molar-refractivity contribution >= 4 is 23.2 Å². The summed E-state index contributed by atoms with van der Waals surface area (Å²) in [5.41, 5.74) is 0.572. The van der Waals surface area contributed by atoms with Gasteiger partial charge in [-0.25, -0.2) is 0 Å². The molecule has 2 N–H and O–H groups in total. The molecule has 16 heavy (non-hydrogen) atoms. The van der Waals surface area contributed by atoms with Crippen molar-refractivity contribution < 1.29 is 4.79 Å². The van der Waals surface area contributed by atoms with Gasteiger partial charge in [-0.05, 0) is 32.9 Å². The van der Waals surface area contributed by atoms with E-state index in [9.17, 15) is 4.79 Å². The fourth-order valence-corrected chi connectivity index (χ4v) is 1.29. The summed E-state index contributed by atoms with van der Waals surface area (Å²) in [5, 5.41) is 6.40. The van der Waals surface area contributed by atoms with Crippen LogP contribution < -0.4 is 10.6 Å². The van der Waals surface area contributed by atoms with E-state index in [1.165, 1.54) is 0 Å². The van der Waals surface area contributed by atoms with E-state index in [1.54, 1.807) is 12.1 Å². The van der Waals surface area contributed by atoms with Crippen LogP contribution in [0.2, 0.25) is 5.02 Å². The highest BCUT2D eigenvalue weighted by molar-refractivity contribution is 6.33. The lowest BCUT2D eigenvalue weighted by molar-refractivity contribution is -0.115. The predicted octanol–water partition coefficient (Wildman–Crippen LogP) is 2.67. The van der Waals surface area contributed by atoms with Gasteiger partial charge in [0.05, 0.1) is 17.3 Å². The molecule has 3 nitrogen and oxygen atoms in total. The van der Waals surface area contributed by atoms with Crippen LogP contribution in [-0.2, 0) is 4.79 Å². The first-order chi connectivity index (χ1) is 7.38. The predicted molar refractivity (Wildman–Crippen MR) is 67.8 cm³/mol. The SMILES string of the molecule is CC(C)(C)NCC(=O)Nc1ccccc1Cl. The number of carbonyl (C=O) groups excluding carboxylic acids is 1. The fraction of sp³-hybridized carbons (Fsp3) is 0.417. The second-order valence-electron chi connectivity index (χ2n) is 4.63. The van der Waals surface area contributed by atoms with Crippen LogP contribution >= 0.6 is 11.6 Å². The van der Waals surface area contributed by atoms with Gasteiger partial charge in [-0.15, -0.1) is 0 Å². The summed E-state index contributed by atoms with van der Waals surface area (Å²) >= 11 is 5.92. The Morgan fingerprint density at radius 2 is 1.94 bits per heavy atom. The molecule has 1 rings (SSSR count). The van der Waals surface area contributed by atoms with E-state index in [4.69, 9.17) is 11.6 Å². The van der Waals surface area contributed by atoms with Crippen molar-refractivity contribution in [2.45, 2.75) is 26.3 Å². The van der Waals surface area contributed by atoms with Crippen LogP contribution in [0.5, 0.6) is 0 Å². The number of rotatable bonds is 3. The minimum absolute atomic E-state index is 0.0716. The summed E-state index contributed by atoms with van der Waals surface area (Å²) in [5.74, 6) is -0.0944. The number of benzene rings is 1. The molecule has 1 aromatic carbocycles. The van der Waals surface area contributed by atoms with Crippen molar-refractivity contribution in [3.05, 3.63) is 29.3 Å². The summed E-state index contributed by atoms with van der Waals surface area (Å²) in [6.45, 7) is 6.30. The second-order valence-corrected chi connectivity index (χ2v) is 5.04. The summed E-state index contributed by atoms with van der Waals surface area (Å²) in [6.07, 6.45) is 0. The number of para-hydroxylation sites is 1. The number of amides is 1. The fourth-order valence-electron chi connectivity index (χ4n) is 1.10. The molecule has 0 aliphatic rings. The maximum atomic E-state index is 11.6. The molecule has 0 spiro atoms. The van der Waals surface area contributed by atoms with Crippen molar-refractivity contribution in [1.29, 1.82) is 0 Å². The molecule has 0 saturated carbocycles. The Morgan fingerprint density at radius 3 is 2.50 bits per heavy atom. The van der Waals surface area contributed by atoms with E-state index in [0.717, 1.165) is 0 Å². The van der Waals surface area contributed by atoms with Gasteiger partial charge in [0, 0.05) is 5.54 Å². The average molecular weight is 241 g/mol. The third kappa shape index (κ3) is 4.64. The Hall–Kier alpha value is -1.06. The monoisotopic (exact) mass is 240 g/mol. The van der Waals surface area contributed by atoms with Crippen molar-refractivity contribution in [3.8, 4) is 0 Å². The zero-order valence-electron chi connectivity index (χ0n) is 9.80. The normalized spacial score (nSPS) is 11.2. The van der Waals surface area contributed by atoms with Crippen LogP contribution in [0.4, 0.5) is 5.69 Å². The van der Waals surface area contributed by atoms with Crippen molar-refractivity contribution in [3.63, 3.8) is 0 Å². The first-order valence-electron chi connectivity index (χ1n) is 5.18. The molecule has 1 aromatic rings. The standard InChI is InChI=1S/C12H17ClN2O/c1-12(2,3)14-8-11(16)15-10-7-5-4-6-9(10)13/h4-7,14H,8H2,1-3H3,(H,15,16). The van der Waals surface area contributed by atoms with E-state index in [-0.39, 0.29) is 18.0 Å². The lowest BCUT2D eigenvalue weighted by Gasteiger charge is -2.20. The molecule has 0 bridgehead atoms. The van der Waals surface area contributed by atoms with Crippen LogP contribution in [0.3, 0.4) is 0 Å². The van der Waals surface area contributed by atoms with Gasteiger partial charge in [0.1, 0.15) is 0 Å². The number of halogens is 1. The Balaban J connectivity index is 2.50. The van der Waals surface area contributed by atoms with Crippen molar-refractivity contribution in [2.24, 2.45) is 0 Å². The Labute approximate surface area is 101 Å². The quantitative estimate of drug-likeness (QED) is 0.853. The van der Waals surface area contributed by atoms with Gasteiger partial charge in [0.25, 0.3) is 0 Å². The van der Waals surface area contributed by atoms with E-state index >= 15 is 0 Å². The molecule has 0 aromatic heterocycles. The minimum atomic E-state index is -0.0944. The molecular formula is C12H17ClN2O. The zero-order valence-corrected chi connectivity index (χ0v) is 10.6.